The highest BCUT2D eigenvalue weighted by molar-refractivity contribution is 6.02. The third-order valence-electron chi connectivity index (χ3n) is 3.46. The van der Waals surface area contributed by atoms with Crippen LogP contribution in [0, 0.1) is 11.7 Å². The van der Waals surface area contributed by atoms with Gasteiger partial charge in [-0.15, -0.1) is 0 Å². The van der Waals surface area contributed by atoms with Crippen molar-refractivity contribution < 1.29 is 18.8 Å². The fourth-order valence-electron chi connectivity index (χ4n) is 2.31. The van der Waals surface area contributed by atoms with E-state index in [1.807, 2.05) is 0 Å². The van der Waals surface area contributed by atoms with E-state index in [0.717, 1.165) is 10.6 Å². The summed E-state index contributed by atoms with van der Waals surface area (Å²) in [6.07, 6.45) is 0.654. The number of benzene rings is 1. The van der Waals surface area contributed by atoms with Gasteiger partial charge < -0.3 is 0 Å². The van der Waals surface area contributed by atoms with Crippen molar-refractivity contribution in [1.82, 2.24) is 15.8 Å². The second-order valence-electron chi connectivity index (χ2n) is 4.92. The summed E-state index contributed by atoms with van der Waals surface area (Å²) in [5.41, 5.74) is 3.32. The molecule has 0 unspecified atom stereocenters. The maximum atomic E-state index is 12.8. The summed E-state index contributed by atoms with van der Waals surface area (Å²) >= 11 is 0. The molecule has 6 nitrogen and oxygen atoms in total. The fraction of sp³-hybridized carbons (Fsp3) is 0.308. The predicted octanol–water partition coefficient (Wildman–Crippen LogP) is 0.512. The van der Waals surface area contributed by atoms with E-state index in [1.54, 1.807) is 12.1 Å². The van der Waals surface area contributed by atoms with Gasteiger partial charge in [0.2, 0.25) is 11.8 Å². The van der Waals surface area contributed by atoms with Gasteiger partial charge in [0, 0.05) is 5.92 Å². The number of nitrogens with zero attached hydrogens (tertiary/aromatic N) is 1. The Balaban J connectivity index is 1.59. The fourth-order valence-corrected chi connectivity index (χ4v) is 2.31. The van der Waals surface area contributed by atoms with Crippen molar-refractivity contribution in [3.05, 3.63) is 35.6 Å². The van der Waals surface area contributed by atoms with Crippen LogP contribution in [0.15, 0.2) is 24.3 Å². The van der Waals surface area contributed by atoms with Gasteiger partial charge in [-0.2, -0.15) is 0 Å². The Bertz CT molecular complexity index is 587. The maximum Gasteiger partial charge on any atom is 0.343 e. The highest BCUT2D eigenvalue weighted by Crippen LogP contribution is 2.47. The van der Waals surface area contributed by atoms with Gasteiger partial charge >= 0.3 is 6.03 Å². The number of carbonyl (C=O) groups is 3. The number of imide groups is 1. The molecule has 1 aromatic rings. The lowest BCUT2D eigenvalue weighted by atomic mass is 10.1. The van der Waals surface area contributed by atoms with Gasteiger partial charge in [-0.25, -0.2) is 14.2 Å². The standard InChI is InChI=1S/C13H12FN3O3/c14-8-3-1-7(2-4-8)9-5-10(9)12(19)16-17-6-11(18)15-13(17)20/h1-4,9-10H,5-6H2,(H,16,19)(H,15,18,20)/t9-,10-/m0/s1. The second-order valence-corrected chi connectivity index (χ2v) is 4.92. The Morgan fingerprint density at radius 3 is 2.60 bits per heavy atom. The first-order chi connectivity index (χ1) is 9.54. The van der Waals surface area contributed by atoms with Crippen LogP contribution in [-0.4, -0.2) is 29.4 Å². The normalized spacial score (nSPS) is 24.6. The lowest BCUT2D eigenvalue weighted by molar-refractivity contribution is -0.126. The lowest BCUT2D eigenvalue weighted by Crippen LogP contribution is -2.45. The highest BCUT2D eigenvalue weighted by atomic mass is 19.1. The minimum atomic E-state index is -0.623. The second kappa shape index (κ2) is 4.59. The molecule has 0 bridgehead atoms. The smallest absolute Gasteiger partial charge is 0.275 e. The average Bonchev–Trinajstić information content (AvgIpc) is 3.13. The summed E-state index contributed by atoms with van der Waals surface area (Å²) < 4.78 is 12.8. The molecular weight excluding hydrogens is 265 g/mol. The Kier molecular flexibility index (Phi) is 2.89. The quantitative estimate of drug-likeness (QED) is 0.790. The van der Waals surface area contributed by atoms with E-state index in [-0.39, 0.29) is 30.1 Å². The van der Waals surface area contributed by atoms with Crippen LogP contribution in [0.1, 0.15) is 17.9 Å². The first-order valence-corrected chi connectivity index (χ1v) is 6.22. The topological polar surface area (TPSA) is 78.5 Å². The minimum Gasteiger partial charge on any atom is -0.275 e. The zero-order valence-corrected chi connectivity index (χ0v) is 10.4. The zero-order chi connectivity index (χ0) is 14.3. The molecule has 104 valence electrons. The minimum absolute atomic E-state index is 0.0389. The van der Waals surface area contributed by atoms with Crippen molar-refractivity contribution in [3.63, 3.8) is 0 Å². The Morgan fingerprint density at radius 1 is 1.30 bits per heavy atom. The molecule has 0 radical (unpaired) electrons. The van der Waals surface area contributed by atoms with Crippen molar-refractivity contribution in [2.45, 2.75) is 12.3 Å². The van der Waals surface area contributed by atoms with Crippen LogP contribution >= 0.6 is 0 Å². The van der Waals surface area contributed by atoms with E-state index in [0.29, 0.717) is 6.42 Å². The number of halogens is 1. The van der Waals surface area contributed by atoms with E-state index >= 15 is 0 Å². The predicted molar refractivity (Wildman–Crippen MR) is 65.6 cm³/mol. The van der Waals surface area contributed by atoms with Crippen molar-refractivity contribution in [2.24, 2.45) is 5.92 Å². The molecule has 1 saturated heterocycles. The maximum absolute atomic E-state index is 12.8. The highest BCUT2D eigenvalue weighted by Gasteiger charge is 2.45. The van der Waals surface area contributed by atoms with Crippen molar-refractivity contribution in [2.75, 3.05) is 6.54 Å². The zero-order valence-electron chi connectivity index (χ0n) is 10.4. The number of hydrazine groups is 1. The first-order valence-electron chi connectivity index (χ1n) is 6.22. The van der Waals surface area contributed by atoms with Gasteiger partial charge in [0.25, 0.3) is 0 Å². The van der Waals surface area contributed by atoms with Crippen LogP contribution in [0.4, 0.5) is 9.18 Å². The number of urea groups is 1. The van der Waals surface area contributed by atoms with Gasteiger partial charge in [-0.05, 0) is 30.0 Å². The molecule has 1 aliphatic carbocycles. The summed E-state index contributed by atoms with van der Waals surface area (Å²) in [6, 6.07) is 5.39. The number of amides is 4. The molecule has 4 amide bonds. The van der Waals surface area contributed by atoms with Crippen molar-refractivity contribution >= 4 is 17.8 Å². The van der Waals surface area contributed by atoms with E-state index in [2.05, 4.69) is 10.7 Å². The first kappa shape index (κ1) is 12.6. The van der Waals surface area contributed by atoms with Crippen LogP contribution in [-0.2, 0) is 9.59 Å². The van der Waals surface area contributed by atoms with Gasteiger partial charge in [0.1, 0.15) is 12.4 Å². The monoisotopic (exact) mass is 277 g/mol. The van der Waals surface area contributed by atoms with E-state index in [4.69, 9.17) is 0 Å². The summed E-state index contributed by atoms with van der Waals surface area (Å²) in [4.78, 5) is 34.2. The Morgan fingerprint density at radius 2 is 2.00 bits per heavy atom. The molecule has 2 atom stereocenters. The number of carbonyl (C=O) groups excluding carboxylic acids is 3. The van der Waals surface area contributed by atoms with Crippen LogP contribution in [0.5, 0.6) is 0 Å². The lowest BCUT2D eigenvalue weighted by Gasteiger charge is -2.14. The van der Waals surface area contributed by atoms with E-state index < -0.39 is 11.9 Å². The Labute approximate surface area is 113 Å². The van der Waals surface area contributed by atoms with Gasteiger partial charge in [-0.3, -0.25) is 20.3 Å². The van der Waals surface area contributed by atoms with Crippen molar-refractivity contribution in [3.8, 4) is 0 Å². The molecule has 3 rings (SSSR count). The molecule has 0 spiro atoms. The number of nitrogens with one attached hydrogen (secondary N) is 2. The average molecular weight is 277 g/mol. The molecule has 1 saturated carbocycles. The molecule has 2 fully saturated rings. The van der Waals surface area contributed by atoms with E-state index in [9.17, 15) is 18.8 Å². The van der Waals surface area contributed by atoms with Gasteiger partial charge in [0.15, 0.2) is 0 Å². The van der Waals surface area contributed by atoms with Crippen LogP contribution in [0.25, 0.3) is 0 Å². The molecule has 1 aliphatic heterocycles. The van der Waals surface area contributed by atoms with Gasteiger partial charge in [-0.1, -0.05) is 12.1 Å². The third kappa shape index (κ3) is 2.34. The number of rotatable bonds is 3. The largest absolute Gasteiger partial charge is 0.343 e. The van der Waals surface area contributed by atoms with Crippen LogP contribution < -0.4 is 10.7 Å². The summed E-state index contributed by atoms with van der Waals surface area (Å²) in [5.74, 6) is -1.27. The summed E-state index contributed by atoms with van der Waals surface area (Å²) in [6.45, 7) is -0.168. The van der Waals surface area contributed by atoms with Crippen LogP contribution in [0.3, 0.4) is 0 Å². The SMILES string of the molecule is O=C1CN(NC(=O)[C@H]2C[C@H]2c2ccc(F)cc2)C(=O)N1. The Hall–Kier alpha value is -2.44. The van der Waals surface area contributed by atoms with Gasteiger partial charge in [0.05, 0.1) is 0 Å². The summed E-state index contributed by atoms with van der Waals surface area (Å²) in [5, 5.41) is 3.04. The number of hydrogen-bond acceptors (Lipinski definition) is 3. The van der Waals surface area contributed by atoms with Crippen molar-refractivity contribution in [1.29, 1.82) is 0 Å². The molecule has 1 heterocycles. The molecule has 2 N–H and O–H groups in total. The van der Waals surface area contributed by atoms with E-state index in [1.165, 1.54) is 12.1 Å². The van der Waals surface area contributed by atoms with Crippen LogP contribution in [0.2, 0.25) is 0 Å². The molecular formula is C13H12FN3O3. The third-order valence-corrected chi connectivity index (χ3v) is 3.46. The molecule has 2 aliphatic rings. The molecule has 1 aromatic carbocycles. The molecule has 7 heteroatoms. The number of hydrogen-bond donors (Lipinski definition) is 2. The molecule has 0 aromatic heterocycles. The molecule has 20 heavy (non-hydrogen) atoms. The summed E-state index contributed by atoms with van der Waals surface area (Å²) in [7, 11) is 0.